The molecule has 7 nitrogen and oxygen atoms in total. The van der Waals surface area contributed by atoms with Crippen molar-refractivity contribution in [2.24, 2.45) is 5.92 Å². The number of fused-ring (bicyclic) bond motifs is 2. The molecule has 1 saturated heterocycles. The molecule has 2 fully saturated rings. The number of nitrogens with one attached hydrogen (secondary N) is 1. The summed E-state index contributed by atoms with van der Waals surface area (Å²) in [6, 6.07) is 8.08. The number of carboxylic acid groups (broad SMARTS) is 1. The van der Waals surface area contributed by atoms with Gasteiger partial charge in [-0.2, -0.15) is 11.8 Å². The molecule has 1 heterocycles. The molecule has 2 amide bonds. The molecule has 0 spiro atoms. The molecule has 8 heteroatoms. The Morgan fingerprint density at radius 3 is 2.74 bits per heavy atom. The Hall–Kier alpha value is -2.22. The van der Waals surface area contributed by atoms with Crippen LogP contribution in [-0.2, 0) is 20.9 Å². The Labute approximate surface area is 162 Å². The van der Waals surface area contributed by atoms with Gasteiger partial charge in [0.15, 0.2) is 0 Å². The lowest BCUT2D eigenvalue weighted by atomic mass is 9.85. The number of esters is 1. The number of carbonyl (C=O) groups is 3. The van der Waals surface area contributed by atoms with E-state index in [1.54, 1.807) is 0 Å². The quantitative estimate of drug-likeness (QED) is 0.690. The molecule has 0 unspecified atom stereocenters. The van der Waals surface area contributed by atoms with E-state index in [1.165, 1.54) is 16.7 Å². The number of benzene rings is 1. The van der Waals surface area contributed by atoms with Crippen molar-refractivity contribution in [3.05, 3.63) is 35.9 Å². The van der Waals surface area contributed by atoms with E-state index in [-0.39, 0.29) is 36.5 Å². The summed E-state index contributed by atoms with van der Waals surface area (Å²) < 4.78 is 5.27. The van der Waals surface area contributed by atoms with Gasteiger partial charge in [-0.25, -0.2) is 4.79 Å². The molecule has 1 aromatic rings. The van der Waals surface area contributed by atoms with Gasteiger partial charge >= 0.3 is 12.1 Å². The van der Waals surface area contributed by atoms with E-state index >= 15 is 0 Å². The second-order valence-electron chi connectivity index (χ2n) is 6.96. The van der Waals surface area contributed by atoms with Crippen molar-refractivity contribution in [2.45, 2.75) is 44.0 Å². The van der Waals surface area contributed by atoms with Gasteiger partial charge in [0.05, 0.1) is 5.92 Å². The zero-order valence-electron chi connectivity index (χ0n) is 15.2. The van der Waals surface area contributed by atoms with Crippen molar-refractivity contribution < 1.29 is 24.2 Å². The van der Waals surface area contributed by atoms with Gasteiger partial charge in [0, 0.05) is 18.3 Å². The minimum absolute atomic E-state index is 0.0359. The van der Waals surface area contributed by atoms with Gasteiger partial charge < -0.3 is 15.2 Å². The lowest BCUT2D eigenvalue weighted by Gasteiger charge is -2.32. The van der Waals surface area contributed by atoms with Crippen LogP contribution in [0.4, 0.5) is 4.79 Å². The molecule has 2 aliphatic rings. The van der Waals surface area contributed by atoms with Crippen molar-refractivity contribution in [1.29, 1.82) is 0 Å². The fraction of sp³-hybridized carbons (Fsp3) is 0.526. The third-order valence-corrected chi connectivity index (χ3v) is 5.81. The van der Waals surface area contributed by atoms with Crippen LogP contribution in [0.5, 0.6) is 0 Å². The SMILES string of the molecule is CSC[C@@H](C(=O)N[C@H]1CC[C@@H]2C[C@H]1C(=O)O2)N(Cc1ccccc1)C(=O)O. The fourth-order valence-electron chi connectivity index (χ4n) is 3.76. The summed E-state index contributed by atoms with van der Waals surface area (Å²) in [7, 11) is 0. The van der Waals surface area contributed by atoms with E-state index in [2.05, 4.69) is 5.32 Å². The molecule has 3 rings (SSSR count). The van der Waals surface area contributed by atoms with Crippen LogP contribution in [0.3, 0.4) is 0 Å². The zero-order chi connectivity index (χ0) is 19.4. The van der Waals surface area contributed by atoms with Crippen molar-refractivity contribution in [1.82, 2.24) is 10.2 Å². The first kappa shape index (κ1) is 19.5. The Morgan fingerprint density at radius 2 is 2.07 bits per heavy atom. The van der Waals surface area contributed by atoms with Gasteiger partial charge in [-0.15, -0.1) is 0 Å². The second kappa shape index (κ2) is 8.65. The van der Waals surface area contributed by atoms with Gasteiger partial charge in [0.25, 0.3) is 0 Å². The highest BCUT2D eigenvalue weighted by Crippen LogP contribution is 2.34. The van der Waals surface area contributed by atoms with Gasteiger partial charge in [-0.1, -0.05) is 30.3 Å². The highest BCUT2D eigenvalue weighted by molar-refractivity contribution is 7.98. The van der Waals surface area contributed by atoms with Crippen molar-refractivity contribution in [3.8, 4) is 0 Å². The Balaban J connectivity index is 1.72. The van der Waals surface area contributed by atoms with Gasteiger partial charge in [-0.05, 0) is 31.1 Å². The molecule has 146 valence electrons. The highest BCUT2D eigenvalue weighted by atomic mass is 32.2. The Bertz CT molecular complexity index is 699. The number of hydrogen-bond acceptors (Lipinski definition) is 5. The molecule has 1 aliphatic heterocycles. The number of carbonyl (C=O) groups excluding carboxylic acids is 2. The summed E-state index contributed by atoms with van der Waals surface area (Å²) >= 11 is 1.41. The molecular weight excluding hydrogens is 368 g/mol. The third kappa shape index (κ3) is 4.55. The van der Waals surface area contributed by atoms with Gasteiger partial charge in [0.2, 0.25) is 5.91 Å². The number of ether oxygens (including phenoxy) is 1. The van der Waals surface area contributed by atoms with Crippen LogP contribution in [0.15, 0.2) is 30.3 Å². The van der Waals surface area contributed by atoms with Crippen LogP contribution in [0.25, 0.3) is 0 Å². The molecule has 2 bridgehead atoms. The minimum Gasteiger partial charge on any atom is -0.465 e. The average Bonchev–Trinajstić information content (AvgIpc) is 2.96. The van der Waals surface area contributed by atoms with Crippen molar-refractivity contribution in [2.75, 3.05) is 12.0 Å². The van der Waals surface area contributed by atoms with Crippen LogP contribution >= 0.6 is 11.8 Å². The van der Waals surface area contributed by atoms with Crippen LogP contribution < -0.4 is 5.32 Å². The first-order valence-corrected chi connectivity index (χ1v) is 10.4. The number of hydrogen-bond donors (Lipinski definition) is 2. The highest BCUT2D eigenvalue weighted by Gasteiger charge is 2.45. The summed E-state index contributed by atoms with van der Waals surface area (Å²) in [4.78, 5) is 37.9. The van der Waals surface area contributed by atoms with Crippen LogP contribution in [0.1, 0.15) is 24.8 Å². The second-order valence-corrected chi connectivity index (χ2v) is 7.87. The zero-order valence-corrected chi connectivity index (χ0v) is 16.0. The van der Waals surface area contributed by atoms with E-state index in [9.17, 15) is 19.5 Å². The lowest BCUT2D eigenvalue weighted by Crippen LogP contribution is -2.54. The molecule has 0 aromatic heterocycles. The fourth-order valence-corrected chi connectivity index (χ4v) is 4.41. The maximum Gasteiger partial charge on any atom is 0.408 e. The van der Waals surface area contributed by atoms with Crippen LogP contribution in [0, 0.1) is 5.92 Å². The third-order valence-electron chi connectivity index (χ3n) is 5.16. The largest absolute Gasteiger partial charge is 0.465 e. The molecular formula is C19H24N2O5S. The molecule has 1 aromatic carbocycles. The number of rotatable bonds is 7. The predicted molar refractivity (Wildman–Crippen MR) is 101 cm³/mol. The maximum atomic E-state index is 12.9. The van der Waals surface area contributed by atoms with Crippen LogP contribution in [-0.4, -0.2) is 58.2 Å². The van der Waals surface area contributed by atoms with Crippen LogP contribution in [0.2, 0.25) is 0 Å². The Morgan fingerprint density at radius 1 is 1.33 bits per heavy atom. The van der Waals surface area contributed by atoms with E-state index in [0.717, 1.165) is 12.0 Å². The summed E-state index contributed by atoms with van der Waals surface area (Å²) in [6.45, 7) is 0.132. The summed E-state index contributed by atoms with van der Waals surface area (Å²) in [5.74, 6) is -0.598. The monoisotopic (exact) mass is 392 g/mol. The van der Waals surface area contributed by atoms with Crippen molar-refractivity contribution in [3.63, 3.8) is 0 Å². The first-order valence-electron chi connectivity index (χ1n) is 9.03. The topological polar surface area (TPSA) is 95.9 Å². The smallest absolute Gasteiger partial charge is 0.408 e. The maximum absolute atomic E-state index is 12.9. The van der Waals surface area contributed by atoms with E-state index in [1.807, 2.05) is 36.6 Å². The number of nitrogens with zero attached hydrogens (tertiary/aromatic N) is 1. The van der Waals surface area contributed by atoms with E-state index in [4.69, 9.17) is 4.74 Å². The molecule has 1 aliphatic carbocycles. The van der Waals surface area contributed by atoms with Gasteiger partial charge in [-0.3, -0.25) is 14.5 Å². The predicted octanol–water partition coefficient (Wildman–Crippen LogP) is 2.11. The molecule has 0 radical (unpaired) electrons. The number of amides is 2. The summed E-state index contributed by atoms with van der Waals surface area (Å²) in [6.07, 6.45) is 2.69. The normalized spacial score (nSPS) is 24.8. The van der Waals surface area contributed by atoms with Gasteiger partial charge in [0.1, 0.15) is 12.1 Å². The summed E-state index contributed by atoms with van der Waals surface area (Å²) in [5.41, 5.74) is 0.818. The van der Waals surface area contributed by atoms with E-state index in [0.29, 0.717) is 18.6 Å². The Kier molecular flexibility index (Phi) is 6.26. The standard InChI is InChI=1S/C19H24N2O5S/c1-27-11-16(21(19(24)25)10-12-5-3-2-4-6-12)17(22)20-15-8-7-13-9-14(15)18(23)26-13/h2-6,13-16H,7-11H2,1H3,(H,20,22)(H,24,25)/t13-,14-,15+,16+/m1/s1. The average molecular weight is 392 g/mol. The van der Waals surface area contributed by atoms with Crippen molar-refractivity contribution >= 4 is 29.7 Å². The molecule has 1 saturated carbocycles. The number of thioether (sulfide) groups is 1. The molecule has 4 atom stereocenters. The van der Waals surface area contributed by atoms with E-state index < -0.39 is 12.1 Å². The lowest BCUT2D eigenvalue weighted by molar-refractivity contribution is -0.143. The molecule has 2 N–H and O–H groups in total. The minimum atomic E-state index is -1.14. The molecule has 27 heavy (non-hydrogen) atoms. The summed E-state index contributed by atoms with van der Waals surface area (Å²) in [5, 5.41) is 12.6. The first-order chi connectivity index (χ1) is 13.0.